The fourth-order valence-electron chi connectivity index (χ4n) is 1.76. The van der Waals surface area contributed by atoms with Crippen LogP contribution in [-0.4, -0.2) is 36.1 Å². The number of hydrazine groups is 1. The minimum Gasteiger partial charge on any atom is -0.393 e. The Morgan fingerprint density at radius 3 is 2.75 bits per heavy atom. The second kappa shape index (κ2) is 8.53. The van der Waals surface area contributed by atoms with Crippen molar-refractivity contribution in [2.75, 3.05) is 36.7 Å². The maximum absolute atomic E-state index is 12.1. The van der Waals surface area contributed by atoms with E-state index in [1.165, 1.54) is 18.5 Å². The Bertz CT molecular complexity index is 728. The van der Waals surface area contributed by atoms with E-state index in [4.69, 9.17) is 33.7 Å². The largest absolute Gasteiger partial charge is 0.393 e. The zero-order valence-corrected chi connectivity index (χ0v) is 14.3. The predicted molar refractivity (Wildman–Crippen MR) is 94.4 cm³/mol. The Balaban J connectivity index is 2.03. The summed E-state index contributed by atoms with van der Waals surface area (Å²) >= 11 is 11.8. The third-order valence-electron chi connectivity index (χ3n) is 2.95. The van der Waals surface area contributed by atoms with E-state index in [0.717, 1.165) is 0 Å². The third-order valence-corrected chi connectivity index (χ3v) is 3.50. The molecule has 0 aliphatic rings. The first kappa shape index (κ1) is 18.1. The lowest BCUT2D eigenvalue weighted by molar-refractivity contribution is 0.0962. The fourth-order valence-corrected chi connectivity index (χ4v) is 2.26. The van der Waals surface area contributed by atoms with E-state index in [0.29, 0.717) is 24.0 Å². The van der Waals surface area contributed by atoms with Gasteiger partial charge in [-0.05, 0) is 18.2 Å². The highest BCUT2D eigenvalue weighted by atomic mass is 35.5. The van der Waals surface area contributed by atoms with E-state index >= 15 is 0 Å². The van der Waals surface area contributed by atoms with Gasteiger partial charge in [0.05, 0.1) is 17.2 Å². The zero-order valence-electron chi connectivity index (χ0n) is 12.8. The van der Waals surface area contributed by atoms with Crippen LogP contribution >= 0.6 is 23.2 Å². The normalized spacial score (nSPS) is 10.3. The molecular weight excluding hydrogens is 355 g/mol. The summed E-state index contributed by atoms with van der Waals surface area (Å²) in [6, 6.07) is 4.57. The van der Waals surface area contributed by atoms with Gasteiger partial charge >= 0.3 is 0 Å². The van der Waals surface area contributed by atoms with Crippen molar-refractivity contribution in [3.05, 3.63) is 40.1 Å². The van der Waals surface area contributed by atoms with E-state index in [-0.39, 0.29) is 22.1 Å². The number of methoxy groups -OCH3 is 1. The second-order valence-electron chi connectivity index (χ2n) is 4.61. The van der Waals surface area contributed by atoms with Crippen LogP contribution in [0.4, 0.5) is 17.3 Å². The number of carbonyl (C=O) groups excluding carboxylic acids is 1. The number of hydrogen-bond donors (Lipinski definition) is 4. The average Bonchev–Trinajstić information content (AvgIpc) is 2.55. The van der Waals surface area contributed by atoms with Gasteiger partial charge in [0.25, 0.3) is 5.91 Å². The molecular formula is C14H16Cl2N6O2. The Morgan fingerprint density at radius 1 is 1.29 bits per heavy atom. The highest BCUT2D eigenvalue weighted by Crippen LogP contribution is 2.23. The van der Waals surface area contributed by atoms with Crippen molar-refractivity contribution in [1.82, 2.24) is 15.4 Å². The number of amides is 1. The van der Waals surface area contributed by atoms with Crippen molar-refractivity contribution in [2.45, 2.75) is 0 Å². The quantitative estimate of drug-likeness (QED) is 0.436. The van der Waals surface area contributed by atoms with Crippen LogP contribution in [0.15, 0.2) is 24.5 Å². The fraction of sp³-hybridized carbons (Fsp3) is 0.214. The van der Waals surface area contributed by atoms with Crippen molar-refractivity contribution in [1.29, 1.82) is 0 Å². The first-order valence-corrected chi connectivity index (χ1v) is 7.63. The molecule has 8 nitrogen and oxygen atoms in total. The molecule has 1 amide bonds. The van der Waals surface area contributed by atoms with E-state index in [1.807, 2.05) is 0 Å². The Morgan fingerprint density at radius 2 is 2.04 bits per heavy atom. The second-order valence-corrected chi connectivity index (χ2v) is 5.45. The molecule has 0 radical (unpaired) electrons. The lowest BCUT2D eigenvalue weighted by Gasteiger charge is -2.13. The van der Waals surface area contributed by atoms with Crippen molar-refractivity contribution in [3.63, 3.8) is 0 Å². The zero-order chi connectivity index (χ0) is 17.5. The van der Waals surface area contributed by atoms with Gasteiger partial charge in [0.15, 0.2) is 11.6 Å². The van der Waals surface area contributed by atoms with Crippen LogP contribution in [0.2, 0.25) is 10.0 Å². The lowest BCUT2D eigenvalue weighted by Crippen LogP contribution is -2.30. The third kappa shape index (κ3) is 4.60. The molecule has 0 saturated carbocycles. The number of nitrogens with zero attached hydrogens (tertiary/aromatic N) is 2. The first-order valence-electron chi connectivity index (χ1n) is 6.87. The molecule has 5 N–H and O–H groups in total. The summed E-state index contributed by atoms with van der Waals surface area (Å²) < 4.78 is 4.94. The number of benzene rings is 1. The van der Waals surface area contributed by atoms with Gasteiger partial charge in [0, 0.05) is 18.7 Å². The molecule has 0 aliphatic carbocycles. The molecule has 24 heavy (non-hydrogen) atoms. The topological polar surface area (TPSA) is 114 Å². The van der Waals surface area contributed by atoms with Crippen LogP contribution in [0.25, 0.3) is 0 Å². The lowest BCUT2D eigenvalue weighted by atomic mass is 10.2. The number of hydrogen-bond acceptors (Lipinski definition) is 7. The molecule has 0 unspecified atom stereocenters. The Hall–Kier alpha value is -2.29. The van der Waals surface area contributed by atoms with Gasteiger partial charge in [-0.3, -0.25) is 15.6 Å². The molecule has 1 heterocycles. The number of nitrogens with two attached hydrogens (primary N) is 1. The number of halogens is 2. The van der Waals surface area contributed by atoms with E-state index in [1.54, 1.807) is 13.2 Å². The smallest absolute Gasteiger partial charge is 0.271 e. The highest BCUT2D eigenvalue weighted by Gasteiger charge is 2.12. The summed E-state index contributed by atoms with van der Waals surface area (Å²) in [4.78, 5) is 20.2. The molecule has 0 spiro atoms. The molecule has 128 valence electrons. The monoisotopic (exact) mass is 370 g/mol. The van der Waals surface area contributed by atoms with Gasteiger partial charge in [-0.25, -0.2) is 9.97 Å². The van der Waals surface area contributed by atoms with Gasteiger partial charge in [-0.2, -0.15) is 0 Å². The molecule has 1 aromatic heterocycles. The summed E-state index contributed by atoms with van der Waals surface area (Å²) in [6.45, 7) is 1.03. The van der Waals surface area contributed by atoms with Crippen molar-refractivity contribution in [3.8, 4) is 0 Å². The van der Waals surface area contributed by atoms with Gasteiger partial charge < -0.3 is 15.8 Å². The molecule has 0 fully saturated rings. The number of anilines is 3. The minimum atomic E-state index is -0.455. The molecule has 2 aromatic rings. The van der Waals surface area contributed by atoms with Crippen LogP contribution in [0, 0.1) is 0 Å². The molecule has 10 heteroatoms. The van der Waals surface area contributed by atoms with Crippen molar-refractivity contribution < 1.29 is 9.53 Å². The summed E-state index contributed by atoms with van der Waals surface area (Å²) in [6.07, 6.45) is 1.31. The van der Waals surface area contributed by atoms with Gasteiger partial charge in [0.2, 0.25) is 0 Å². The standard InChI is InChI=1S/C14H16Cl2N6O2/c1-24-5-4-18-12-11(17)13(20-7-19-12)21-22-14(23)9-3-2-8(15)6-10(9)16/h2-3,6-7H,4-5,17H2,1H3,(H,22,23)(H2,18,19,20,21). The number of nitrogen functional groups attached to an aromatic ring is 1. The molecule has 0 saturated heterocycles. The maximum atomic E-state index is 12.1. The Labute approximate surface area is 148 Å². The van der Waals surface area contributed by atoms with Crippen molar-refractivity contribution in [2.24, 2.45) is 0 Å². The molecule has 0 atom stereocenters. The van der Waals surface area contributed by atoms with E-state index < -0.39 is 5.91 Å². The summed E-state index contributed by atoms with van der Waals surface area (Å²) in [7, 11) is 1.59. The van der Waals surface area contributed by atoms with Crippen LogP contribution in [-0.2, 0) is 4.74 Å². The van der Waals surface area contributed by atoms with Crippen LogP contribution in [0.1, 0.15) is 10.4 Å². The molecule has 0 aliphatic heterocycles. The molecule has 1 aromatic carbocycles. The molecule has 0 bridgehead atoms. The van der Waals surface area contributed by atoms with E-state index in [2.05, 4.69) is 26.1 Å². The number of ether oxygens (including phenoxy) is 1. The molecule has 2 rings (SSSR count). The van der Waals surface area contributed by atoms with Gasteiger partial charge in [-0.15, -0.1) is 0 Å². The van der Waals surface area contributed by atoms with Crippen LogP contribution < -0.4 is 21.9 Å². The number of rotatable bonds is 7. The maximum Gasteiger partial charge on any atom is 0.271 e. The highest BCUT2D eigenvalue weighted by molar-refractivity contribution is 6.36. The van der Waals surface area contributed by atoms with E-state index in [9.17, 15) is 4.79 Å². The number of aromatic nitrogens is 2. The Kier molecular flexibility index (Phi) is 6.42. The summed E-state index contributed by atoms with van der Waals surface area (Å²) in [5.74, 6) is 0.232. The van der Waals surface area contributed by atoms with Gasteiger partial charge in [-0.1, -0.05) is 23.2 Å². The number of carbonyl (C=O) groups is 1. The number of nitrogens with one attached hydrogen (secondary N) is 3. The average molecular weight is 371 g/mol. The first-order chi connectivity index (χ1) is 11.5. The van der Waals surface area contributed by atoms with Crippen LogP contribution in [0.5, 0.6) is 0 Å². The predicted octanol–water partition coefficient (Wildman–Crippen LogP) is 2.18. The summed E-state index contributed by atoms with van der Waals surface area (Å²) in [5.41, 5.74) is 11.6. The summed E-state index contributed by atoms with van der Waals surface area (Å²) in [5, 5.41) is 3.68. The van der Waals surface area contributed by atoms with Gasteiger partial charge in [0.1, 0.15) is 12.0 Å². The van der Waals surface area contributed by atoms with Crippen molar-refractivity contribution >= 4 is 46.4 Å². The minimum absolute atomic E-state index is 0.236. The van der Waals surface area contributed by atoms with Crippen LogP contribution in [0.3, 0.4) is 0 Å². The SMILES string of the molecule is COCCNc1ncnc(NNC(=O)c2ccc(Cl)cc2Cl)c1N.